The Morgan fingerprint density at radius 1 is 1.54 bits per heavy atom. The summed E-state index contributed by atoms with van der Waals surface area (Å²) in [7, 11) is 0. The Morgan fingerprint density at radius 3 is 3.15 bits per heavy atom. The fraction of sp³-hybridized carbons (Fsp3) is 0.375. The molecule has 5 heteroatoms. The molecule has 1 aromatic rings. The molecule has 0 aliphatic carbocycles. The second-order valence-corrected chi connectivity index (χ2v) is 3.06. The topological polar surface area (TPSA) is 49.4 Å². The number of hydrogen-bond acceptors (Lipinski definition) is 5. The number of anilines is 2. The second kappa shape index (κ2) is 3.20. The molecule has 0 aromatic carbocycles. The van der Waals surface area contributed by atoms with E-state index in [1.807, 2.05) is 26.0 Å². The quantitative estimate of drug-likeness (QED) is 0.713. The van der Waals surface area contributed by atoms with E-state index in [1.165, 1.54) is 5.17 Å². The van der Waals surface area contributed by atoms with Crippen molar-refractivity contribution in [1.29, 1.82) is 0 Å². The van der Waals surface area contributed by atoms with Gasteiger partial charge >= 0.3 is 0 Å². The predicted molar refractivity (Wildman–Crippen MR) is 49.7 cm³/mol. The molecule has 0 spiro atoms. The molecular formula is C8H12N4O. The number of nitrogens with zero attached hydrogens (tertiary/aromatic N) is 2. The third-order valence-electron chi connectivity index (χ3n) is 1.59. The van der Waals surface area contributed by atoms with Crippen molar-refractivity contribution in [3.63, 3.8) is 0 Å². The van der Waals surface area contributed by atoms with E-state index >= 15 is 0 Å². The third-order valence-corrected chi connectivity index (χ3v) is 1.59. The van der Waals surface area contributed by atoms with Crippen molar-refractivity contribution >= 4 is 11.5 Å². The van der Waals surface area contributed by atoms with E-state index < -0.39 is 0 Å². The van der Waals surface area contributed by atoms with Crippen LogP contribution < -0.4 is 16.1 Å². The molecule has 0 saturated heterocycles. The Morgan fingerprint density at radius 2 is 2.38 bits per heavy atom. The minimum absolute atomic E-state index is 0.113. The van der Waals surface area contributed by atoms with Gasteiger partial charge in [-0.2, -0.15) is 0 Å². The summed E-state index contributed by atoms with van der Waals surface area (Å²) in [5, 5.41) is 1.53. The molecule has 1 aliphatic heterocycles. The van der Waals surface area contributed by atoms with Crippen molar-refractivity contribution < 1.29 is 4.84 Å². The molecule has 1 aliphatic rings. The fourth-order valence-corrected chi connectivity index (χ4v) is 1.11. The van der Waals surface area contributed by atoms with Crippen LogP contribution in [-0.2, 0) is 4.84 Å². The molecule has 0 saturated carbocycles. The zero-order chi connectivity index (χ0) is 9.26. The van der Waals surface area contributed by atoms with Crippen LogP contribution in [0, 0.1) is 0 Å². The van der Waals surface area contributed by atoms with Crippen LogP contribution in [0.5, 0.6) is 0 Å². The average molecular weight is 180 g/mol. The Balaban J connectivity index is 2.18. The number of hydrogen-bond donors (Lipinski definition) is 2. The minimum Gasteiger partial charge on any atom is -0.298 e. The Kier molecular flexibility index (Phi) is 2.03. The van der Waals surface area contributed by atoms with Gasteiger partial charge in [-0.25, -0.2) is 4.98 Å². The number of nitrogens with one attached hydrogen (secondary N) is 2. The number of hydrazine groups is 2. The zero-order valence-corrected chi connectivity index (χ0v) is 7.61. The van der Waals surface area contributed by atoms with Gasteiger partial charge in [0.25, 0.3) is 0 Å². The number of aromatic nitrogens is 1. The summed E-state index contributed by atoms with van der Waals surface area (Å²) in [4.78, 5) is 9.60. The maximum atomic E-state index is 5.43. The van der Waals surface area contributed by atoms with Crippen molar-refractivity contribution in [3.8, 4) is 0 Å². The van der Waals surface area contributed by atoms with Crippen molar-refractivity contribution in [2.75, 3.05) is 10.6 Å². The van der Waals surface area contributed by atoms with Crippen LogP contribution in [-0.4, -0.2) is 11.1 Å². The summed E-state index contributed by atoms with van der Waals surface area (Å²) in [5.41, 5.74) is 6.72. The van der Waals surface area contributed by atoms with E-state index in [4.69, 9.17) is 4.84 Å². The van der Waals surface area contributed by atoms with E-state index in [-0.39, 0.29) is 6.10 Å². The molecule has 1 aromatic heterocycles. The second-order valence-electron chi connectivity index (χ2n) is 3.06. The lowest BCUT2D eigenvalue weighted by molar-refractivity contribution is 0.0410. The molecule has 13 heavy (non-hydrogen) atoms. The summed E-state index contributed by atoms with van der Waals surface area (Å²) in [6.07, 6.45) is 1.84. The van der Waals surface area contributed by atoms with Crippen molar-refractivity contribution in [2.45, 2.75) is 20.0 Å². The minimum atomic E-state index is 0.113. The van der Waals surface area contributed by atoms with Crippen LogP contribution in [0.25, 0.3) is 0 Å². The van der Waals surface area contributed by atoms with Gasteiger partial charge in [0.1, 0.15) is 0 Å². The van der Waals surface area contributed by atoms with Gasteiger partial charge in [-0.3, -0.25) is 10.3 Å². The van der Waals surface area contributed by atoms with E-state index in [1.54, 1.807) is 6.20 Å². The lowest BCUT2D eigenvalue weighted by atomic mass is 10.4. The first-order chi connectivity index (χ1) is 6.27. The molecule has 0 radical (unpaired) electrons. The summed E-state index contributed by atoms with van der Waals surface area (Å²) in [5.74, 6) is 0.760. The van der Waals surface area contributed by atoms with Gasteiger partial charge in [0.05, 0.1) is 11.8 Å². The van der Waals surface area contributed by atoms with Crippen LogP contribution in [0.3, 0.4) is 0 Å². The molecule has 2 rings (SSSR count). The van der Waals surface area contributed by atoms with Crippen LogP contribution in [0.15, 0.2) is 18.3 Å². The van der Waals surface area contributed by atoms with Gasteiger partial charge in [-0.05, 0) is 26.0 Å². The van der Waals surface area contributed by atoms with Gasteiger partial charge < -0.3 is 0 Å². The van der Waals surface area contributed by atoms with Gasteiger partial charge in [0.15, 0.2) is 5.82 Å². The largest absolute Gasteiger partial charge is 0.298 e. The standard InChI is InChI=1S/C8H12N4O/c1-6(2)13-12-8-7(10-11-12)4-3-5-9-8/h3-6,10-11H,1-2H3. The Hall–Kier alpha value is -1.33. The molecule has 5 nitrogen and oxygen atoms in total. The molecule has 2 heterocycles. The highest BCUT2D eigenvalue weighted by molar-refractivity contribution is 5.66. The predicted octanol–water partition coefficient (Wildman–Crippen LogP) is 1.07. The van der Waals surface area contributed by atoms with Crippen LogP contribution in [0.1, 0.15) is 13.8 Å². The number of pyridine rings is 1. The summed E-state index contributed by atoms with van der Waals surface area (Å²) in [6, 6.07) is 3.80. The van der Waals surface area contributed by atoms with E-state index in [9.17, 15) is 0 Å². The molecule has 0 amide bonds. The third kappa shape index (κ3) is 1.56. The SMILES string of the molecule is CC(C)ON1NNc2cccnc21. The van der Waals surface area contributed by atoms with Crippen molar-refractivity contribution in [3.05, 3.63) is 18.3 Å². The lowest BCUT2D eigenvalue weighted by Gasteiger charge is -2.18. The molecule has 0 bridgehead atoms. The molecule has 0 fully saturated rings. The van der Waals surface area contributed by atoms with E-state index in [2.05, 4.69) is 15.9 Å². The van der Waals surface area contributed by atoms with E-state index in [0.29, 0.717) is 0 Å². The number of fused-ring (bicyclic) bond motifs is 1. The maximum Gasteiger partial charge on any atom is 0.197 e. The summed E-state index contributed by atoms with van der Waals surface area (Å²) >= 11 is 0. The molecule has 70 valence electrons. The van der Waals surface area contributed by atoms with Gasteiger partial charge in [-0.15, -0.1) is 10.7 Å². The highest BCUT2D eigenvalue weighted by Gasteiger charge is 2.20. The van der Waals surface area contributed by atoms with Crippen molar-refractivity contribution in [1.82, 2.24) is 10.5 Å². The van der Waals surface area contributed by atoms with Gasteiger partial charge in [0.2, 0.25) is 0 Å². The Bertz CT molecular complexity index is 302. The molecular weight excluding hydrogens is 168 g/mol. The summed E-state index contributed by atoms with van der Waals surface area (Å²) < 4.78 is 0. The first-order valence-corrected chi connectivity index (χ1v) is 4.21. The van der Waals surface area contributed by atoms with Crippen molar-refractivity contribution in [2.24, 2.45) is 0 Å². The fourth-order valence-electron chi connectivity index (χ4n) is 1.11. The average Bonchev–Trinajstić information content (AvgIpc) is 2.48. The first kappa shape index (κ1) is 8.28. The van der Waals surface area contributed by atoms with Crippen LogP contribution in [0.4, 0.5) is 11.5 Å². The van der Waals surface area contributed by atoms with E-state index in [0.717, 1.165) is 11.5 Å². The van der Waals surface area contributed by atoms with Crippen LogP contribution in [0.2, 0.25) is 0 Å². The molecule has 2 N–H and O–H groups in total. The highest BCUT2D eigenvalue weighted by Crippen LogP contribution is 2.25. The first-order valence-electron chi connectivity index (χ1n) is 4.21. The lowest BCUT2D eigenvalue weighted by Crippen LogP contribution is -2.38. The van der Waals surface area contributed by atoms with Crippen LogP contribution >= 0.6 is 0 Å². The Labute approximate surface area is 76.6 Å². The molecule has 0 atom stereocenters. The maximum absolute atomic E-state index is 5.43. The molecule has 0 unspecified atom stereocenters. The zero-order valence-electron chi connectivity index (χ0n) is 7.61. The number of rotatable bonds is 2. The summed E-state index contributed by atoms with van der Waals surface area (Å²) in [6.45, 7) is 3.92. The highest BCUT2D eigenvalue weighted by atomic mass is 16.7. The normalized spacial score (nSPS) is 14.5. The smallest absolute Gasteiger partial charge is 0.197 e. The monoisotopic (exact) mass is 180 g/mol. The van der Waals surface area contributed by atoms with Gasteiger partial charge in [0, 0.05) is 6.20 Å². The van der Waals surface area contributed by atoms with Gasteiger partial charge in [-0.1, -0.05) is 0 Å².